The third kappa shape index (κ3) is 4.88. The summed E-state index contributed by atoms with van der Waals surface area (Å²) in [5.74, 6) is 0.672. The van der Waals surface area contributed by atoms with Gasteiger partial charge < -0.3 is 10.1 Å². The number of hydrogen-bond acceptors (Lipinski definition) is 9. The Morgan fingerprint density at radius 2 is 1.95 bits per heavy atom. The van der Waals surface area contributed by atoms with Crippen molar-refractivity contribution in [2.24, 2.45) is 11.8 Å². The van der Waals surface area contributed by atoms with Crippen LogP contribution >= 0.6 is 22.7 Å². The van der Waals surface area contributed by atoms with Crippen LogP contribution in [0, 0.1) is 18.8 Å². The van der Waals surface area contributed by atoms with Crippen molar-refractivity contribution in [3.05, 3.63) is 39.8 Å². The number of nitrogens with zero attached hydrogens (tertiary/aromatic N) is 4. The number of methoxy groups -OCH3 is 1. The summed E-state index contributed by atoms with van der Waals surface area (Å²) < 4.78 is 36.1. The van der Waals surface area contributed by atoms with Gasteiger partial charge in [0, 0.05) is 18.0 Å². The predicted octanol–water partition coefficient (Wildman–Crippen LogP) is 3.69. The van der Waals surface area contributed by atoms with Gasteiger partial charge in [-0.05, 0) is 43.4 Å². The van der Waals surface area contributed by atoms with E-state index in [-0.39, 0.29) is 28.7 Å². The van der Waals surface area contributed by atoms with E-state index in [0.717, 1.165) is 15.7 Å². The summed E-state index contributed by atoms with van der Waals surface area (Å²) in [5, 5.41) is 3.15. The highest BCUT2D eigenvalue weighted by Gasteiger charge is 2.35. The molecule has 1 aliphatic rings. The van der Waals surface area contributed by atoms with Crippen molar-refractivity contribution in [3.63, 3.8) is 0 Å². The number of carbonyl (C=O) groups excluding carboxylic acids is 1. The van der Waals surface area contributed by atoms with Gasteiger partial charge in [0.05, 0.1) is 29.0 Å². The summed E-state index contributed by atoms with van der Waals surface area (Å²) in [6, 6.07) is 5.41. The second-order valence-electron chi connectivity index (χ2n) is 9.51. The van der Waals surface area contributed by atoms with E-state index in [0.29, 0.717) is 39.2 Å². The van der Waals surface area contributed by atoms with Crippen LogP contribution in [0.15, 0.2) is 34.2 Å². The number of thiophene rings is 1. The number of hydrogen-bond donors (Lipinski definition) is 1. The van der Waals surface area contributed by atoms with Gasteiger partial charge in [0.25, 0.3) is 5.56 Å². The molecule has 3 aromatic heterocycles. The Hall–Kier alpha value is -2.87. The van der Waals surface area contributed by atoms with E-state index in [2.05, 4.69) is 15.3 Å². The fourth-order valence-corrected chi connectivity index (χ4v) is 9.12. The zero-order valence-electron chi connectivity index (χ0n) is 20.8. The Morgan fingerprint density at radius 1 is 1.22 bits per heavy atom. The van der Waals surface area contributed by atoms with Crippen LogP contribution < -0.4 is 15.6 Å². The van der Waals surface area contributed by atoms with Crippen molar-refractivity contribution in [1.29, 1.82) is 0 Å². The molecular formula is C24H27N5O5S3. The zero-order valence-corrected chi connectivity index (χ0v) is 23.3. The first-order chi connectivity index (χ1) is 17.6. The third-order valence-corrected chi connectivity index (χ3v) is 10.5. The maximum absolute atomic E-state index is 13.7. The number of rotatable bonds is 6. The molecule has 0 bridgehead atoms. The molecular weight excluding hydrogens is 534 g/mol. The lowest BCUT2D eigenvalue weighted by Crippen LogP contribution is -2.42. The highest BCUT2D eigenvalue weighted by atomic mass is 32.2. The van der Waals surface area contributed by atoms with Crippen LogP contribution in [-0.2, 0) is 21.4 Å². The smallest absolute Gasteiger partial charge is 0.263 e. The van der Waals surface area contributed by atoms with Crippen LogP contribution in [0.25, 0.3) is 20.4 Å². The fourth-order valence-electron chi connectivity index (χ4n) is 4.87. The van der Waals surface area contributed by atoms with E-state index in [4.69, 9.17) is 4.74 Å². The standard InChI is InChI=1S/C24H27N5O5S3/c1-13-7-14(2)10-29(9-13)37(32,33)21-15(3)35-22-20(21)23(31)28(12-25-22)11-19(30)27-24-26-17-6-5-16(34-4)8-18(17)36-24/h5-6,8,12-14H,7,9-11H2,1-4H3,(H,26,27,30)/t13-,14+. The lowest BCUT2D eigenvalue weighted by atomic mass is 9.94. The van der Waals surface area contributed by atoms with Crippen LogP contribution in [0.4, 0.5) is 5.13 Å². The summed E-state index contributed by atoms with van der Waals surface area (Å²) in [4.78, 5) is 35.8. The van der Waals surface area contributed by atoms with Crippen LogP contribution in [0.1, 0.15) is 25.1 Å². The van der Waals surface area contributed by atoms with Crippen LogP contribution in [-0.4, -0.2) is 53.4 Å². The average Bonchev–Trinajstić information content (AvgIpc) is 3.39. The van der Waals surface area contributed by atoms with Crippen molar-refractivity contribution in [2.45, 2.75) is 38.6 Å². The average molecular weight is 562 g/mol. The molecule has 0 unspecified atom stereocenters. The molecule has 196 valence electrons. The number of ether oxygens (including phenoxy) is 1. The van der Waals surface area contributed by atoms with Gasteiger partial charge >= 0.3 is 0 Å². The van der Waals surface area contributed by atoms with Crippen LogP contribution in [0.3, 0.4) is 0 Å². The first-order valence-electron chi connectivity index (χ1n) is 11.8. The number of aromatic nitrogens is 3. The number of anilines is 1. The largest absolute Gasteiger partial charge is 0.497 e. The van der Waals surface area contributed by atoms with Gasteiger partial charge in [-0.25, -0.2) is 18.4 Å². The number of fused-ring (bicyclic) bond motifs is 2. The van der Waals surface area contributed by atoms with E-state index in [1.54, 1.807) is 26.2 Å². The van der Waals surface area contributed by atoms with Crippen LogP contribution in [0.2, 0.25) is 0 Å². The summed E-state index contributed by atoms with van der Waals surface area (Å²) in [6.07, 6.45) is 2.24. The van der Waals surface area contributed by atoms with Crippen molar-refractivity contribution in [1.82, 2.24) is 18.8 Å². The van der Waals surface area contributed by atoms with Gasteiger partial charge in [0.15, 0.2) is 5.13 Å². The molecule has 37 heavy (non-hydrogen) atoms. The van der Waals surface area contributed by atoms with Crippen molar-refractivity contribution in [2.75, 3.05) is 25.5 Å². The second-order valence-corrected chi connectivity index (χ2v) is 13.6. The minimum absolute atomic E-state index is 0.00109. The third-order valence-electron chi connectivity index (χ3n) is 6.39. The normalized spacial score (nSPS) is 18.9. The molecule has 0 aliphatic carbocycles. The van der Waals surface area contributed by atoms with Gasteiger partial charge in [0.2, 0.25) is 15.9 Å². The maximum atomic E-state index is 13.7. The van der Waals surface area contributed by atoms with E-state index >= 15 is 0 Å². The number of aryl methyl sites for hydroxylation is 1. The van der Waals surface area contributed by atoms with Gasteiger partial charge in [-0.1, -0.05) is 25.2 Å². The molecule has 0 saturated carbocycles. The number of thiazole rings is 1. The van der Waals surface area contributed by atoms with E-state index in [9.17, 15) is 18.0 Å². The highest BCUT2D eigenvalue weighted by molar-refractivity contribution is 7.89. The summed E-state index contributed by atoms with van der Waals surface area (Å²) in [7, 11) is -2.33. The fraction of sp³-hybridized carbons (Fsp3) is 0.417. The molecule has 13 heteroatoms. The predicted molar refractivity (Wildman–Crippen MR) is 145 cm³/mol. The Bertz CT molecular complexity index is 1660. The zero-order chi connectivity index (χ0) is 26.5. The van der Waals surface area contributed by atoms with Crippen molar-refractivity contribution < 1.29 is 17.9 Å². The van der Waals surface area contributed by atoms with E-state index < -0.39 is 21.5 Å². The minimum atomic E-state index is -3.91. The monoisotopic (exact) mass is 561 g/mol. The molecule has 1 N–H and O–H groups in total. The Kier molecular flexibility index (Phi) is 6.81. The molecule has 1 amide bonds. The molecule has 0 spiro atoms. The first-order valence-corrected chi connectivity index (χ1v) is 14.9. The summed E-state index contributed by atoms with van der Waals surface area (Å²) >= 11 is 2.46. The number of piperidine rings is 1. The molecule has 1 fully saturated rings. The maximum Gasteiger partial charge on any atom is 0.263 e. The van der Waals surface area contributed by atoms with Crippen LogP contribution in [0.5, 0.6) is 5.75 Å². The van der Waals surface area contributed by atoms with Crippen molar-refractivity contribution >= 4 is 64.2 Å². The summed E-state index contributed by atoms with van der Waals surface area (Å²) in [5.41, 5.74) is 0.154. The van der Waals surface area contributed by atoms with E-state index in [1.165, 1.54) is 33.3 Å². The number of sulfonamides is 1. The van der Waals surface area contributed by atoms with Gasteiger partial charge in [-0.2, -0.15) is 4.31 Å². The lowest BCUT2D eigenvalue weighted by molar-refractivity contribution is -0.116. The first kappa shape index (κ1) is 25.8. The molecule has 1 saturated heterocycles. The van der Waals surface area contributed by atoms with Gasteiger partial charge in [-0.3, -0.25) is 14.2 Å². The molecule has 1 aliphatic heterocycles. The molecule has 5 rings (SSSR count). The van der Waals surface area contributed by atoms with Gasteiger partial charge in [0.1, 0.15) is 22.0 Å². The lowest BCUT2D eigenvalue weighted by Gasteiger charge is -2.34. The number of amides is 1. The summed E-state index contributed by atoms with van der Waals surface area (Å²) in [6.45, 7) is 6.25. The van der Waals surface area contributed by atoms with E-state index in [1.807, 2.05) is 19.9 Å². The molecule has 0 radical (unpaired) electrons. The number of benzene rings is 1. The quantitative estimate of drug-likeness (QED) is 0.381. The topological polar surface area (TPSA) is 123 Å². The minimum Gasteiger partial charge on any atom is -0.497 e. The molecule has 4 heterocycles. The molecule has 2 atom stereocenters. The molecule has 4 aromatic rings. The Labute approximate surface area is 222 Å². The van der Waals surface area contributed by atoms with Gasteiger partial charge in [-0.15, -0.1) is 11.3 Å². The highest BCUT2D eigenvalue weighted by Crippen LogP contribution is 2.35. The SMILES string of the molecule is COc1ccc2nc(NC(=O)Cn3cnc4sc(C)c(S(=O)(=O)N5C[C@H](C)C[C@H](C)C5)c4c3=O)sc2c1. The van der Waals surface area contributed by atoms with Crippen molar-refractivity contribution in [3.8, 4) is 5.75 Å². The number of nitrogens with one attached hydrogen (secondary N) is 1. The molecule has 1 aromatic carbocycles. The molecule has 10 nitrogen and oxygen atoms in total. The number of carbonyl (C=O) groups is 1. The Balaban J connectivity index is 1.44. The second kappa shape index (κ2) is 9.78. The Morgan fingerprint density at radius 3 is 2.65 bits per heavy atom.